The van der Waals surface area contributed by atoms with Crippen molar-refractivity contribution < 1.29 is 37.2 Å². The minimum atomic E-state index is -3.80. The molecular formula is C70H92F4GeO4. The summed E-state index contributed by atoms with van der Waals surface area (Å²) in [5, 5.41) is 25.1. The molecule has 428 valence electrons. The molecular weight excluding hydrogens is 1050 g/mol. The maximum absolute atomic E-state index is 17.8. The molecule has 4 nitrogen and oxygen atoms in total. The summed E-state index contributed by atoms with van der Waals surface area (Å²) in [6.45, 7) is 48.4. The van der Waals surface area contributed by atoms with Gasteiger partial charge in [-0.2, -0.15) is 0 Å². The average Bonchev–Trinajstić information content (AvgIpc) is 3.33. The Balaban J connectivity index is 1.55. The van der Waals surface area contributed by atoms with Crippen molar-refractivity contribution in [2.75, 3.05) is 10.9 Å². The summed E-state index contributed by atoms with van der Waals surface area (Å²) in [6.07, 6.45) is 0. The second-order valence-electron chi connectivity index (χ2n) is 29.5. The van der Waals surface area contributed by atoms with E-state index in [1.54, 1.807) is 53.7 Å². The zero-order chi connectivity index (χ0) is 59.8. The normalized spacial score (nSPS) is 13.2. The number of ether oxygens (including phenoxy) is 2. The molecule has 2 N–H and O–H groups in total. The number of halogens is 4. The number of hydrogen-bond donors (Lipinski definition) is 2. The molecule has 6 rings (SSSR count). The van der Waals surface area contributed by atoms with Gasteiger partial charge in [0, 0.05) is 0 Å². The van der Waals surface area contributed by atoms with Crippen LogP contribution in [0.1, 0.15) is 197 Å². The van der Waals surface area contributed by atoms with E-state index in [1.165, 1.54) is 12.1 Å². The molecule has 0 aliphatic carbocycles. The number of rotatable bonds is 12. The van der Waals surface area contributed by atoms with Crippen LogP contribution in [-0.4, -0.2) is 34.4 Å². The van der Waals surface area contributed by atoms with E-state index in [2.05, 4.69) is 147 Å². The number of aromatic hydroxyl groups is 2. The number of benzene rings is 6. The van der Waals surface area contributed by atoms with Crippen molar-refractivity contribution in [2.24, 2.45) is 0 Å². The summed E-state index contributed by atoms with van der Waals surface area (Å²) in [4.78, 5) is 0. The third kappa shape index (κ3) is 13.1. The van der Waals surface area contributed by atoms with Gasteiger partial charge in [-0.15, -0.1) is 0 Å². The van der Waals surface area contributed by atoms with E-state index in [-0.39, 0.29) is 98.4 Å². The Hall–Kier alpha value is -5.22. The van der Waals surface area contributed by atoms with Gasteiger partial charge in [0.2, 0.25) is 0 Å². The first-order chi connectivity index (χ1) is 35.9. The van der Waals surface area contributed by atoms with E-state index in [0.29, 0.717) is 11.1 Å². The van der Waals surface area contributed by atoms with Gasteiger partial charge in [-0.05, 0) is 0 Å². The Labute approximate surface area is 475 Å². The monoisotopic (exact) mass is 1150 g/mol. The first-order valence-electron chi connectivity index (χ1n) is 28.2. The molecule has 0 aliphatic rings. The predicted octanol–water partition coefficient (Wildman–Crippen LogP) is 20.5. The summed E-state index contributed by atoms with van der Waals surface area (Å²) in [6, 6.07) is 22.4. The molecule has 0 amide bonds. The number of aryl methyl sites for hydroxylation is 2. The van der Waals surface area contributed by atoms with Crippen LogP contribution in [0.25, 0.3) is 44.5 Å². The molecule has 9 heteroatoms. The fourth-order valence-corrected chi connectivity index (χ4v) is 18.3. The Morgan fingerprint density at radius 1 is 0.392 bits per heavy atom. The Kier molecular flexibility index (Phi) is 17.5. The van der Waals surface area contributed by atoms with Gasteiger partial charge in [0.05, 0.1) is 0 Å². The molecule has 0 unspecified atom stereocenters. The Bertz CT molecular complexity index is 2990. The van der Waals surface area contributed by atoms with Gasteiger partial charge in [0.25, 0.3) is 0 Å². The minimum absolute atomic E-state index is 0.0402. The maximum atomic E-state index is 17.8. The van der Waals surface area contributed by atoms with Crippen molar-refractivity contribution in [1.82, 2.24) is 0 Å². The fraction of sp³-hybridized carbons (Fsp3) is 0.486. The Morgan fingerprint density at radius 3 is 0.899 bits per heavy atom. The summed E-state index contributed by atoms with van der Waals surface area (Å²) in [7, 11) is 0. The molecule has 79 heavy (non-hydrogen) atoms. The van der Waals surface area contributed by atoms with Crippen LogP contribution in [0.3, 0.4) is 0 Å². The van der Waals surface area contributed by atoms with Crippen LogP contribution in [0.2, 0.25) is 9.50 Å². The van der Waals surface area contributed by atoms with Crippen molar-refractivity contribution in [3.05, 3.63) is 141 Å². The second kappa shape index (κ2) is 21.9. The number of phenols is 2. The molecule has 0 saturated carbocycles. The molecule has 0 atom stereocenters. The summed E-state index contributed by atoms with van der Waals surface area (Å²) < 4.78 is 82.6. The van der Waals surface area contributed by atoms with E-state index < -0.39 is 47.4 Å². The van der Waals surface area contributed by atoms with Gasteiger partial charge in [0.15, 0.2) is 0 Å². The first kappa shape index (κ1) is 63.0. The summed E-state index contributed by atoms with van der Waals surface area (Å²) in [5.74, 6) is -3.68. The molecule has 0 fully saturated rings. The average molecular weight is 1150 g/mol. The van der Waals surface area contributed by atoms with E-state index in [0.717, 1.165) is 44.5 Å². The number of phenolic OH excluding ortho intramolecular Hbond substituents is 2. The van der Waals surface area contributed by atoms with Gasteiger partial charge < -0.3 is 0 Å². The molecule has 6 aromatic rings. The van der Waals surface area contributed by atoms with Crippen LogP contribution in [0.4, 0.5) is 17.6 Å². The third-order valence-corrected chi connectivity index (χ3v) is 28.7. The van der Waals surface area contributed by atoms with Crippen LogP contribution in [-0.2, 0) is 32.5 Å². The Morgan fingerprint density at radius 2 is 0.658 bits per heavy atom. The van der Waals surface area contributed by atoms with Crippen molar-refractivity contribution in [1.29, 1.82) is 0 Å². The summed E-state index contributed by atoms with van der Waals surface area (Å²) in [5.41, 5.74) is 5.59. The van der Waals surface area contributed by atoms with Gasteiger partial charge in [-0.1, -0.05) is 0 Å². The van der Waals surface area contributed by atoms with Crippen LogP contribution in [0.15, 0.2) is 72.8 Å². The quantitative estimate of drug-likeness (QED) is 0.0947. The topological polar surface area (TPSA) is 58.9 Å². The van der Waals surface area contributed by atoms with E-state index in [1.807, 2.05) is 26.0 Å². The standard InChI is InChI=1S/C70H92F4GeO4/c1-39(2)75(40(3)4,37-78-55-35-53(71)59(69(19,20)21)61(73)57(55)51-27-41(5)25-49(63(51)76)43-29-45(65(7,8)9)33-46(30-43)66(10,11)12)38-79-56-36-54(72)60(70(22,23)24)62(74)58(56)52-28-42(6)26-50(64(52)77)44-31-47(67(13,14)15)34-48(32-44)68(16,17)18/h25-36,39-40,76-77H,37-38H2,1-24H3. The van der Waals surface area contributed by atoms with Crippen molar-refractivity contribution in [3.63, 3.8) is 0 Å². The molecule has 0 bridgehead atoms. The van der Waals surface area contributed by atoms with Crippen LogP contribution in [0.5, 0.6) is 23.0 Å². The zero-order valence-corrected chi connectivity index (χ0v) is 54.3. The van der Waals surface area contributed by atoms with Crippen molar-refractivity contribution in [3.8, 4) is 67.5 Å². The molecule has 6 aromatic carbocycles. The molecule has 0 aromatic heterocycles. The second-order valence-corrected chi connectivity index (χ2v) is 40.7. The van der Waals surface area contributed by atoms with Gasteiger partial charge in [-0.3, -0.25) is 0 Å². The van der Waals surface area contributed by atoms with Gasteiger partial charge in [-0.25, -0.2) is 0 Å². The van der Waals surface area contributed by atoms with Crippen molar-refractivity contribution >= 4 is 13.3 Å². The van der Waals surface area contributed by atoms with E-state index in [9.17, 15) is 10.2 Å². The summed E-state index contributed by atoms with van der Waals surface area (Å²) >= 11 is -3.80. The van der Waals surface area contributed by atoms with Crippen LogP contribution >= 0.6 is 0 Å². The fourth-order valence-electron chi connectivity index (χ4n) is 10.8. The van der Waals surface area contributed by atoms with E-state index in [4.69, 9.17) is 9.47 Å². The van der Waals surface area contributed by atoms with Gasteiger partial charge >= 0.3 is 478 Å². The predicted molar refractivity (Wildman–Crippen MR) is 326 cm³/mol. The molecule has 0 heterocycles. The number of hydrogen-bond acceptors (Lipinski definition) is 4. The van der Waals surface area contributed by atoms with E-state index >= 15 is 17.6 Å². The molecule has 0 spiro atoms. The van der Waals surface area contributed by atoms with Crippen molar-refractivity contribution in [2.45, 2.75) is 208 Å². The van der Waals surface area contributed by atoms with Gasteiger partial charge in [0.1, 0.15) is 0 Å². The molecule has 0 aliphatic heterocycles. The molecule has 0 radical (unpaired) electrons. The van der Waals surface area contributed by atoms with Crippen LogP contribution < -0.4 is 9.47 Å². The van der Waals surface area contributed by atoms with Crippen LogP contribution in [0, 0.1) is 37.1 Å². The zero-order valence-electron chi connectivity index (χ0n) is 52.2. The molecule has 0 saturated heterocycles. The third-order valence-electron chi connectivity index (χ3n) is 16.2. The SMILES string of the molecule is Cc1cc(-c2cc(C(C)(C)C)cc(C(C)(C)C)c2)c(O)c(-c2c(O[CH2][Ge]([CH2]Oc3cc(F)c(C(C)(C)C)c(F)c3-c3cc(C)cc(-c4cc(C(C)(C)C)cc(C(C)(C)C)c4)c3O)([CH](C)C)[CH](C)C)cc(F)c(C(C)(C)C)c2F)c1. The first-order valence-corrected chi connectivity index (χ1v) is 33.6.